The van der Waals surface area contributed by atoms with Crippen molar-refractivity contribution in [1.29, 1.82) is 0 Å². The zero-order valence-corrected chi connectivity index (χ0v) is 11.1. The van der Waals surface area contributed by atoms with Gasteiger partial charge < -0.3 is 20.5 Å². The first-order chi connectivity index (χ1) is 8.58. The van der Waals surface area contributed by atoms with Crippen molar-refractivity contribution < 1.29 is 14.3 Å². The standard InChI is InChI=1S/C13H20N2O3/c1-4-10-7-12(17-3)13(8-11(10)14)18-6-5-15-9(2)16/h7-8H,4-6,14H2,1-3H3,(H,15,16). The van der Waals surface area contributed by atoms with Crippen LogP contribution in [0.25, 0.3) is 0 Å². The number of nitrogens with two attached hydrogens (primary N) is 1. The van der Waals surface area contributed by atoms with E-state index in [2.05, 4.69) is 5.32 Å². The molecule has 0 unspecified atom stereocenters. The molecule has 0 radical (unpaired) electrons. The van der Waals surface area contributed by atoms with Crippen molar-refractivity contribution in [3.05, 3.63) is 17.7 Å². The monoisotopic (exact) mass is 252 g/mol. The van der Waals surface area contributed by atoms with E-state index >= 15 is 0 Å². The summed E-state index contributed by atoms with van der Waals surface area (Å²) in [5.74, 6) is 1.17. The van der Waals surface area contributed by atoms with Crippen LogP contribution in [0.3, 0.4) is 0 Å². The maximum absolute atomic E-state index is 10.7. The van der Waals surface area contributed by atoms with Gasteiger partial charge in [-0.15, -0.1) is 0 Å². The third-order valence-electron chi connectivity index (χ3n) is 2.54. The van der Waals surface area contributed by atoms with E-state index in [9.17, 15) is 4.79 Å². The second kappa shape index (κ2) is 6.74. The molecule has 0 spiro atoms. The van der Waals surface area contributed by atoms with Crippen molar-refractivity contribution in [2.45, 2.75) is 20.3 Å². The lowest BCUT2D eigenvalue weighted by atomic mass is 10.1. The van der Waals surface area contributed by atoms with Crippen LogP contribution in [0.5, 0.6) is 11.5 Å². The molecule has 1 aromatic carbocycles. The fraction of sp³-hybridized carbons (Fsp3) is 0.462. The maximum atomic E-state index is 10.7. The molecule has 0 aliphatic heterocycles. The molecule has 0 aromatic heterocycles. The molecule has 0 saturated carbocycles. The summed E-state index contributed by atoms with van der Waals surface area (Å²) in [5, 5.41) is 2.65. The number of carbonyl (C=O) groups excluding carboxylic acids is 1. The van der Waals surface area contributed by atoms with Crippen LogP contribution in [-0.4, -0.2) is 26.2 Å². The summed E-state index contributed by atoms with van der Waals surface area (Å²) in [6.45, 7) is 4.33. The van der Waals surface area contributed by atoms with Gasteiger partial charge in [-0.2, -0.15) is 0 Å². The van der Waals surface area contributed by atoms with Gasteiger partial charge in [0.05, 0.1) is 13.7 Å². The van der Waals surface area contributed by atoms with E-state index in [4.69, 9.17) is 15.2 Å². The van der Waals surface area contributed by atoms with Crippen molar-refractivity contribution in [3.63, 3.8) is 0 Å². The van der Waals surface area contributed by atoms with E-state index in [1.807, 2.05) is 13.0 Å². The number of amides is 1. The number of anilines is 1. The molecular formula is C13H20N2O3. The number of methoxy groups -OCH3 is 1. The molecule has 0 aliphatic carbocycles. The van der Waals surface area contributed by atoms with Gasteiger partial charge in [-0.05, 0) is 18.1 Å². The molecule has 0 saturated heterocycles. The van der Waals surface area contributed by atoms with Crippen LogP contribution in [0, 0.1) is 0 Å². The van der Waals surface area contributed by atoms with Crippen LogP contribution in [-0.2, 0) is 11.2 Å². The summed E-state index contributed by atoms with van der Waals surface area (Å²) in [4.78, 5) is 10.7. The first-order valence-corrected chi connectivity index (χ1v) is 5.92. The fourth-order valence-electron chi connectivity index (χ4n) is 1.58. The van der Waals surface area contributed by atoms with Crippen molar-refractivity contribution in [2.75, 3.05) is 26.0 Å². The summed E-state index contributed by atoms with van der Waals surface area (Å²) >= 11 is 0. The average molecular weight is 252 g/mol. The Morgan fingerprint density at radius 2 is 2.11 bits per heavy atom. The molecule has 1 amide bonds. The van der Waals surface area contributed by atoms with Crippen LogP contribution in [0.2, 0.25) is 0 Å². The highest BCUT2D eigenvalue weighted by atomic mass is 16.5. The summed E-state index contributed by atoms with van der Waals surface area (Å²) in [5.41, 5.74) is 7.62. The molecule has 0 aliphatic rings. The summed E-state index contributed by atoms with van der Waals surface area (Å²) in [7, 11) is 1.59. The SMILES string of the molecule is CCc1cc(OC)c(OCCNC(C)=O)cc1N. The second-order valence-electron chi connectivity index (χ2n) is 3.89. The highest BCUT2D eigenvalue weighted by Gasteiger charge is 2.08. The Kier molecular flexibility index (Phi) is 5.30. The molecule has 3 N–H and O–H groups in total. The number of nitrogens with one attached hydrogen (secondary N) is 1. The van der Waals surface area contributed by atoms with Crippen LogP contribution < -0.4 is 20.5 Å². The van der Waals surface area contributed by atoms with Crippen LogP contribution >= 0.6 is 0 Å². The molecule has 5 heteroatoms. The number of benzene rings is 1. The Morgan fingerprint density at radius 3 is 2.67 bits per heavy atom. The predicted octanol–water partition coefficient (Wildman–Crippen LogP) is 1.35. The molecular weight excluding hydrogens is 232 g/mol. The summed E-state index contributed by atoms with van der Waals surface area (Å²) in [6, 6.07) is 3.63. The minimum atomic E-state index is -0.0774. The smallest absolute Gasteiger partial charge is 0.216 e. The van der Waals surface area contributed by atoms with Crippen LogP contribution in [0.1, 0.15) is 19.4 Å². The number of ether oxygens (including phenoxy) is 2. The Bertz CT molecular complexity index is 419. The van der Waals surface area contributed by atoms with Gasteiger partial charge in [0.25, 0.3) is 0 Å². The van der Waals surface area contributed by atoms with Gasteiger partial charge in [-0.25, -0.2) is 0 Å². The van der Waals surface area contributed by atoms with E-state index in [-0.39, 0.29) is 5.91 Å². The molecule has 5 nitrogen and oxygen atoms in total. The quantitative estimate of drug-likeness (QED) is 0.592. The third kappa shape index (κ3) is 3.84. The van der Waals surface area contributed by atoms with Gasteiger partial charge in [-0.1, -0.05) is 6.92 Å². The van der Waals surface area contributed by atoms with Crippen LogP contribution in [0.15, 0.2) is 12.1 Å². The molecule has 0 atom stereocenters. The third-order valence-corrected chi connectivity index (χ3v) is 2.54. The Hall–Kier alpha value is -1.91. The summed E-state index contributed by atoms with van der Waals surface area (Å²) in [6.07, 6.45) is 0.842. The minimum absolute atomic E-state index is 0.0774. The van der Waals surface area contributed by atoms with Crippen LogP contribution in [0.4, 0.5) is 5.69 Å². The first-order valence-electron chi connectivity index (χ1n) is 5.92. The largest absolute Gasteiger partial charge is 0.493 e. The van der Waals surface area contributed by atoms with E-state index in [1.54, 1.807) is 13.2 Å². The van der Waals surface area contributed by atoms with Gasteiger partial charge in [-0.3, -0.25) is 4.79 Å². The number of hydrogen-bond donors (Lipinski definition) is 2. The normalized spacial score (nSPS) is 9.94. The minimum Gasteiger partial charge on any atom is -0.493 e. The Balaban J connectivity index is 2.69. The number of rotatable bonds is 6. The molecule has 1 rings (SSSR count). The van der Waals surface area contributed by atoms with Gasteiger partial charge in [0.15, 0.2) is 11.5 Å². The molecule has 0 heterocycles. The van der Waals surface area contributed by atoms with Crippen molar-refractivity contribution in [2.24, 2.45) is 0 Å². The fourth-order valence-corrected chi connectivity index (χ4v) is 1.58. The number of hydrogen-bond acceptors (Lipinski definition) is 4. The van der Waals surface area contributed by atoms with Crippen molar-refractivity contribution in [3.8, 4) is 11.5 Å². The average Bonchev–Trinajstić information content (AvgIpc) is 2.34. The highest BCUT2D eigenvalue weighted by Crippen LogP contribution is 2.32. The molecule has 0 bridgehead atoms. The van der Waals surface area contributed by atoms with Crippen molar-refractivity contribution >= 4 is 11.6 Å². The lowest BCUT2D eigenvalue weighted by Crippen LogP contribution is -2.25. The highest BCUT2D eigenvalue weighted by molar-refractivity contribution is 5.72. The van der Waals surface area contributed by atoms with E-state index in [0.717, 1.165) is 12.0 Å². The van der Waals surface area contributed by atoms with E-state index < -0.39 is 0 Å². The zero-order chi connectivity index (χ0) is 13.5. The van der Waals surface area contributed by atoms with E-state index in [0.29, 0.717) is 30.3 Å². The molecule has 18 heavy (non-hydrogen) atoms. The predicted molar refractivity (Wildman–Crippen MR) is 71.0 cm³/mol. The lowest BCUT2D eigenvalue weighted by molar-refractivity contribution is -0.119. The number of aryl methyl sites for hydroxylation is 1. The molecule has 0 fully saturated rings. The maximum Gasteiger partial charge on any atom is 0.216 e. The number of carbonyl (C=O) groups is 1. The Labute approximate surface area is 107 Å². The zero-order valence-electron chi connectivity index (χ0n) is 11.1. The van der Waals surface area contributed by atoms with Gasteiger partial charge >= 0.3 is 0 Å². The van der Waals surface area contributed by atoms with Gasteiger partial charge in [0, 0.05) is 18.7 Å². The van der Waals surface area contributed by atoms with Gasteiger partial charge in [0.2, 0.25) is 5.91 Å². The topological polar surface area (TPSA) is 73.6 Å². The number of nitrogen functional groups attached to an aromatic ring is 1. The van der Waals surface area contributed by atoms with Gasteiger partial charge in [0.1, 0.15) is 6.61 Å². The molecule has 100 valence electrons. The van der Waals surface area contributed by atoms with Crippen molar-refractivity contribution in [1.82, 2.24) is 5.32 Å². The first kappa shape index (κ1) is 14.2. The lowest BCUT2D eigenvalue weighted by Gasteiger charge is -2.13. The van der Waals surface area contributed by atoms with E-state index in [1.165, 1.54) is 6.92 Å². The summed E-state index contributed by atoms with van der Waals surface area (Å²) < 4.78 is 10.8. The Morgan fingerprint density at radius 1 is 1.39 bits per heavy atom. The second-order valence-corrected chi connectivity index (χ2v) is 3.89. The molecule has 1 aromatic rings.